The van der Waals surface area contributed by atoms with Gasteiger partial charge in [0.2, 0.25) is 0 Å². The van der Waals surface area contributed by atoms with Gasteiger partial charge in [0.25, 0.3) is 5.91 Å². The van der Waals surface area contributed by atoms with Crippen molar-refractivity contribution < 1.29 is 18.0 Å². The number of hydrogen-bond donors (Lipinski definition) is 2. The molecule has 0 atom stereocenters. The molecule has 0 fully saturated rings. The van der Waals surface area contributed by atoms with Crippen molar-refractivity contribution in [3.63, 3.8) is 0 Å². The van der Waals surface area contributed by atoms with Gasteiger partial charge in [0.05, 0.1) is 18.0 Å². The molecule has 8 heteroatoms. The lowest BCUT2D eigenvalue weighted by Crippen LogP contribution is -2.25. The number of halogens is 3. The van der Waals surface area contributed by atoms with E-state index < -0.39 is 17.6 Å². The molecule has 1 aromatic heterocycles. The molecule has 0 aliphatic heterocycles. The van der Waals surface area contributed by atoms with Crippen molar-refractivity contribution in [2.75, 3.05) is 5.73 Å². The summed E-state index contributed by atoms with van der Waals surface area (Å²) in [5.74, 6) is -0.478. The van der Waals surface area contributed by atoms with E-state index in [9.17, 15) is 18.0 Å². The molecule has 5 nitrogen and oxygen atoms in total. The van der Waals surface area contributed by atoms with Crippen LogP contribution in [0.15, 0.2) is 36.7 Å². The van der Waals surface area contributed by atoms with Gasteiger partial charge in [-0.05, 0) is 11.6 Å². The van der Waals surface area contributed by atoms with E-state index >= 15 is 0 Å². The van der Waals surface area contributed by atoms with E-state index in [0.717, 1.165) is 12.3 Å². The maximum atomic E-state index is 12.8. The number of hydrogen-bond acceptors (Lipinski definition) is 4. The van der Waals surface area contributed by atoms with Crippen LogP contribution in [0.4, 0.5) is 19.0 Å². The number of alkyl halides is 3. The second-order valence-electron chi connectivity index (χ2n) is 4.16. The lowest BCUT2D eigenvalue weighted by molar-refractivity contribution is -0.138. The van der Waals surface area contributed by atoms with Crippen molar-refractivity contribution in [1.29, 1.82) is 0 Å². The first-order valence-electron chi connectivity index (χ1n) is 5.89. The Balaban J connectivity index is 2.10. The number of rotatable bonds is 3. The minimum atomic E-state index is -4.47. The molecule has 0 saturated heterocycles. The predicted molar refractivity (Wildman–Crippen MR) is 69.1 cm³/mol. The van der Waals surface area contributed by atoms with E-state index in [2.05, 4.69) is 15.3 Å². The highest BCUT2D eigenvalue weighted by molar-refractivity contribution is 5.91. The highest BCUT2D eigenvalue weighted by Crippen LogP contribution is 2.31. The Morgan fingerprint density at radius 3 is 2.52 bits per heavy atom. The number of benzene rings is 1. The molecular formula is C13H11F3N4O. The highest BCUT2D eigenvalue weighted by atomic mass is 19.4. The fourth-order valence-corrected chi connectivity index (χ4v) is 1.67. The van der Waals surface area contributed by atoms with Crippen molar-refractivity contribution in [3.05, 3.63) is 53.5 Å². The first kappa shape index (κ1) is 14.8. The maximum Gasteiger partial charge on any atom is 0.416 e. The molecule has 0 unspecified atom stereocenters. The number of nitrogens with zero attached hydrogens (tertiary/aromatic N) is 2. The summed E-state index contributed by atoms with van der Waals surface area (Å²) in [6.07, 6.45) is -2.12. The van der Waals surface area contributed by atoms with Gasteiger partial charge in [0, 0.05) is 6.54 Å². The molecule has 3 N–H and O–H groups in total. The molecule has 0 saturated carbocycles. The van der Waals surface area contributed by atoms with Crippen LogP contribution < -0.4 is 11.1 Å². The fourth-order valence-electron chi connectivity index (χ4n) is 1.67. The van der Waals surface area contributed by atoms with Crippen molar-refractivity contribution in [3.8, 4) is 0 Å². The van der Waals surface area contributed by atoms with Gasteiger partial charge in [-0.15, -0.1) is 0 Å². The molecule has 0 radical (unpaired) electrons. The Labute approximate surface area is 118 Å². The molecule has 0 spiro atoms. The SMILES string of the molecule is Nc1cnc(C(=O)NCc2ccccc2C(F)(F)F)cn1. The molecule has 1 amide bonds. The first-order chi connectivity index (χ1) is 9.88. The summed E-state index contributed by atoms with van der Waals surface area (Å²) in [7, 11) is 0. The van der Waals surface area contributed by atoms with Crippen LogP contribution >= 0.6 is 0 Å². The van der Waals surface area contributed by atoms with Gasteiger partial charge >= 0.3 is 6.18 Å². The quantitative estimate of drug-likeness (QED) is 0.908. The summed E-state index contributed by atoms with van der Waals surface area (Å²) in [4.78, 5) is 19.2. The van der Waals surface area contributed by atoms with Gasteiger partial charge in [-0.3, -0.25) is 4.79 Å². The Hall–Kier alpha value is -2.64. The summed E-state index contributed by atoms with van der Waals surface area (Å²) >= 11 is 0. The lowest BCUT2D eigenvalue weighted by atomic mass is 10.1. The molecule has 110 valence electrons. The Morgan fingerprint density at radius 2 is 1.90 bits per heavy atom. The van der Waals surface area contributed by atoms with Gasteiger partial charge < -0.3 is 11.1 Å². The van der Waals surface area contributed by atoms with E-state index in [1.54, 1.807) is 0 Å². The average Bonchev–Trinajstić information content (AvgIpc) is 2.45. The average molecular weight is 296 g/mol. The van der Waals surface area contributed by atoms with Crippen LogP contribution in [0.3, 0.4) is 0 Å². The zero-order valence-electron chi connectivity index (χ0n) is 10.7. The molecule has 0 bridgehead atoms. The fraction of sp³-hybridized carbons (Fsp3) is 0.154. The normalized spacial score (nSPS) is 11.2. The van der Waals surface area contributed by atoms with E-state index in [4.69, 9.17) is 5.73 Å². The maximum absolute atomic E-state index is 12.8. The smallest absolute Gasteiger partial charge is 0.382 e. The molecule has 0 aliphatic rings. The molecule has 2 rings (SSSR count). The van der Waals surface area contributed by atoms with E-state index in [1.165, 1.54) is 24.4 Å². The van der Waals surface area contributed by atoms with Crippen molar-refractivity contribution in [2.45, 2.75) is 12.7 Å². The molecule has 0 aliphatic carbocycles. The molecule has 1 aromatic carbocycles. The predicted octanol–water partition coefficient (Wildman–Crippen LogP) is 2.01. The number of carbonyl (C=O) groups is 1. The number of nitrogens with one attached hydrogen (secondary N) is 1. The van der Waals surface area contributed by atoms with Gasteiger partial charge in [0.15, 0.2) is 0 Å². The van der Waals surface area contributed by atoms with Gasteiger partial charge in [0.1, 0.15) is 11.5 Å². The topological polar surface area (TPSA) is 80.9 Å². The number of nitrogens with two attached hydrogens (primary N) is 1. The van der Waals surface area contributed by atoms with Crippen molar-refractivity contribution >= 4 is 11.7 Å². The van der Waals surface area contributed by atoms with Gasteiger partial charge in [-0.2, -0.15) is 13.2 Å². The number of aromatic nitrogens is 2. The van der Waals surface area contributed by atoms with E-state index in [-0.39, 0.29) is 23.6 Å². The number of carbonyl (C=O) groups excluding carboxylic acids is 1. The number of nitrogen functional groups attached to an aromatic ring is 1. The van der Waals surface area contributed by atoms with E-state index in [1.807, 2.05) is 0 Å². The third-order valence-electron chi connectivity index (χ3n) is 2.67. The second-order valence-corrected chi connectivity index (χ2v) is 4.16. The van der Waals surface area contributed by atoms with Crippen LogP contribution in [0.25, 0.3) is 0 Å². The monoisotopic (exact) mass is 296 g/mol. The summed E-state index contributed by atoms with van der Waals surface area (Å²) in [6, 6.07) is 5.03. The van der Waals surface area contributed by atoms with Crippen LogP contribution in [-0.4, -0.2) is 15.9 Å². The van der Waals surface area contributed by atoms with Crippen LogP contribution in [0.5, 0.6) is 0 Å². The summed E-state index contributed by atoms with van der Waals surface area (Å²) < 4.78 is 38.4. The van der Waals surface area contributed by atoms with Crippen LogP contribution in [0.2, 0.25) is 0 Å². The zero-order valence-corrected chi connectivity index (χ0v) is 10.7. The van der Waals surface area contributed by atoms with Crippen LogP contribution in [-0.2, 0) is 12.7 Å². The van der Waals surface area contributed by atoms with Gasteiger partial charge in [-0.1, -0.05) is 18.2 Å². The standard InChI is InChI=1S/C13H11F3N4O/c14-13(15,16)9-4-2-1-3-8(9)5-20-12(21)10-6-19-11(17)7-18-10/h1-4,6-7H,5H2,(H2,17,19)(H,20,21). The lowest BCUT2D eigenvalue weighted by Gasteiger charge is -2.13. The second kappa shape index (κ2) is 5.78. The summed E-state index contributed by atoms with van der Waals surface area (Å²) in [5.41, 5.74) is 4.50. The van der Waals surface area contributed by atoms with Gasteiger partial charge in [-0.25, -0.2) is 9.97 Å². The number of anilines is 1. The Bertz CT molecular complexity index is 641. The third kappa shape index (κ3) is 3.68. The van der Waals surface area contributed by atoms with Crippen LogP contribution in [0.1, 0.15) is 21.6 Å². The first-order valence-corrected chi connectivity index (χ1v) is 5.89. The summed E-state index contributed by atoms with van der Waals surface area (Å²) in [6.45, 7) is -0.263. The molecule has 21 heavy (non-hydrogen) atoms. The zero-order chi connectivity index (χ0) is 15.5. The van der Waals surface area contributed by atoms with Crippen LogP contribution in [0, 0.1) is 0 Å². The van der Waals surface area contributed by atoms with E-state index in [0.29, 0.717) is 0 Å². The van der Waals surface area contributed by atoms with Crippen molar-refractivity contribution in [2.24, 2.45) is 0 Å². The molecular weight excluding hydrogens is 285 g/mol. The third-order valence-corrected chi connectivity index (χ3v) is 2.67. The highest BCUT2D eigenvalue weighted by Gasteiger charge is 2.32. The minimum absolute atomic E-state index is 0.0197. The number of amides is 1. The Kier molecular flexibility index (Phi) is 4.06. The summed E-state index contributed by atoms with van der Waals surface area (Å²) in [5, 5.41) is 2.36. The largest absolute Gasteiger partial charge is 0.416 e. The van der Waals surface area contributed by atoms with Crippen molar-refractivity contribution in [1.82, 2.24) is 15.3 Å². The molecule has 2 aromatic rings. The molecule has 1 heterocycles. The minimum Gasteiger partial charge on any atom is -0.382 e. The Morgan fingerprint density at radius 1 is 1.19 bits per heavy atom.